The maximum atomic E-state index is 13.6. The van der Waals surface area contributed by atoms with Gasteiger partial charge in [-0.3, -0.25) is 0 Å². The van der Waals surface area contributed by atoms with Crippen LogP contribution in [-0.4, -0.2) is 17.2 Å². The summed E-state index contributed by atoms with van der Waals surface area (Å²) < 4.78 is 18.7. The van der Waals surface area contributed by atoms with Crippen LogP contribution in [0.2, 0.25) is 0 Å². The zero-order chi connectivity index (χ0) is 17.5. The standard InChI is InChI=1S/C17H18FN3O3/c1-11(7-15(22)16-3-2-6-24-16)21-17(23)20-10-13-8-12(9-19)4-5-14(13)18/h2-6,8,11,15,22H,7,10H2,1H3,(H2,20,21,23)/t11-,15-/m1/s1. The van der Waals surface area contributed by atoms with E-state index in [-0.39, 0.29) is 24.6 Å². The number of carbonyl (C=O) groups excluding carboxylic acids is 1. The fourth-order valence-electron chi connectivity index (χ4n) is 2.22. The molecule has 0 bridgehead atoms. The molecule has 6 nitrogen and oxygen atoms in total. The van der Waals surface area contributed by atoms with Gasteiger partial charge < -0.3 is 20.2 Å². The fraction of sp³-hybridized carbons (Fsp3) is 0.294. The molecule has 0 saturated heterocycles. The predicted molar refractivity (Wildman–Crippen MR) is 84.2 cm³/mol. The monoisotopic (exact) mass is 331 g/mol. The number of rotatable bonds is 6. The maximum Gasteiger partial charge on any atom is 0.315 e. The molecule has 126 valence electrons. The number of carbonyl (C=O) groups is 1. The van der Waals surface area contributed by atoms with Gasteiger partial charge in [-0.25, -0.2) is 9.18 Å². The molecule has 0 radical (unpaired) electrons. The Morgan fingerprint density at radius 3 is 2.92 bits per heavy atom. The number of urea groups is 1. The smallest absolute Gasteiger partial charge is 0.315 e. The van der Waals surface area contributed by atoms with Crippen LogP contribution in [0.5, 0.6) is 0 Å². The van der Waals surface area contributed by atoms with Gasteiger partial charge in [-0.1, -0.05) is 0 Å². The molecule has 2 aromatic rings. The van der Waals surface area contributed by atoms with Gasteiger partial charge in [0.2, 0.25) is 0 Å². The van der Waals surface area contributed by atoms with E-state index in [1.807, 2.05) is 6.07 Å². The van der Waals surface area contributed by atoms with E-state index in [1.54, 1.807) is 19.1 Å². The Labute approximate surface area is 138 Å². The van der Waals surface area contributed by atoms with Gasteiger partial charge in [-0.15, -0.1) is 0 Å². The molecule has 1 heterocycles. The Kier molecular flexibility index (Phi) is 5.93. The molecule has 0 spiro atoms. The summed E-state index contributed by atoms with van der Waals surface area (Å²) in [5.74, 6) is -0.0602. The van der Waals surface area contributed by atoms with Crippen LogP contribution in [0.1, 0.15) is 36.3 Å². The second kappa shape index (κ2) is 8.13. The number of hydrogen-bond donors (Lipinski definition) is 3. The molecule has 1 aromatic heterocycles. The number of benzene rings is 1. The molecule has 0 aliphatic carbocycles. The molecule has 2 atom stereocenters. The third kappa shape index (κ3) is 4.83. The Morgan fingerprint density at radius 2 is 2.25 bits per heavy atom. The Morgan fingerprint density at radius 1 is 1.46 bits per heavy atom. The fourth-order valence-corrected chi connectivity index (χ4v) is 2.22. The van der Waals surface area contributed by atoms with Gasteiger partial charge in [0, 0.05) is 24.6 Å². The lowest BCUT2D eigenvalue weighted by Gasteiger charge is -2.17. The Bertz CT molecular complexity index is 725. The summed E-state index contributed by atoms with van der Waals surface area (Å²) >= 11 is 0. The first kappa shape index (κ1) is 17.5. The van der Waals surface area contributed by atoms with Crippen molar-refractivity contribution in [2.75, 3.05) is 0 Å². The van der Waals surface area contributed by atoms with Crippen LogP contribution in [0.3, 0.4) is 0 Å². The van der Waals surface area contributed by atoms with Crippen molar-refractivity contribution in [3.63, 3.8) is 0 Å². The van der Waals surface area contributed by atoms with Gasteiger partial charge in [0.15, 0.2) is 0 Å². The van der Waals surface area contributed by atoms with Crippen molar-refractivity contribution < 1.29 is 18.7 Å². The normalized spacial score (nSPS) is 12.9. The summed E-state index contributed by atoms with van der Waals surface area (Å²) in [5, 5.41) is 23.9. The number of amides is 2. The van der Waals surface area contributed by atoms with Crippen LogP contribution in [0.4, 0.5) is 9.18 Å². The average Bonchev–Trinajstić information content (AvgIpc) is 3.08. The van der Waals surface area contributed by atoms with Crippen molar-refractivity contribution in [1.82, 2.24) is 10.6 Å². The molecule has 3 N–H and O–H groups in total. The minimum Gasteiger partial charge on any atom is -0.467 e. The molecule has 2 rings (SSSR count). The Balaban J connectivity index is 1.82. The first-order valence-electron chi connectivity index (χ1n) is 7.44. The average molecular weight is 331 g/mol. The zero-order valence-electron chi connectivity index (χ0n) is 13.1. The number of aliphatic hydroxyl groups excluding tert-OH is 1. The zero-order valence-corrected chi connectivity index (χ0v) is 13.1. The van der Waals surface area contributed by atoms with E-state index in [4.69, 9.17) is 9.68 Å². The van der Waals surface area contributed by atoms with Crippen molar-refractivity contribution >= 4 is 6.03 Å². The summed E-state index contributed by atoms with van der Waals surface area (Å²) in [4.78, 5) is 11.8. The van der Waals surface area contributed by atoms with Crippen LogP contribution in [0.15, 0.2) is 41.0 Å². The van der Waals surface area contributed by atoms with E-state index in [2.05, 4.69) is 10.6 Å². The number of nitrogens with zero attached hydrogens (tertiary/aromatic N) is 1. The van der Waals surface area contributed by atoms with Crippen molar-refractivity contribution in [1.29, 1.82) is 5.26 Å². The van der Waals surface area contributed by atoms with Crippen molar-refractivity contribution in [3.05, 3.63) is 59.3 Å². The van der Waals surface area contributed by atoms with Gasteiger partial charge in [0.25, 0.3) is 0 Å². The van der Waals surface area contributed by atoms with Crippen LogP contribution in [-0.2, 0) is 6.54 Å². The molecular formula is C17H18FN3O3. The highest BCUT2D eigenvalue weighted by molar-refractivity contribution is 5.74. The molecule has 2 amide bonds. The summed E-state index contributed by atoms with van der Waals surface area (Å²) in [5.41, 5.74) is 0.552. The van der Waals surface area contributed by atoms with Gasteiger partial charge in [-0.05, 0) is 37.3 Å². The lowest BCUT2D eigenvalue weighted by Crippen LogP contribution is -2.41. The largest absolute Gasteiger partial charge is 0.467 e. The maximum absolute atomic E-state index is 13.6. The topological polar surface area (TPSA) is 98.3 Å². The van der Waals surface area contributed by atoms with E-state index in [0.29, 0.717) is 11.3 Å². The van der Waals surface area contributed by atoms with Gasteiger partial charge in [-0.2, -0.15) is 5.26 Å². The number of halogens is 1. The number of aliphatic hydroxyl groups is 1. The van der Waals surface area contributed by atoms with E-state index in [1.165, 1.54) is 24.5 Å². The van der Waals surface area contributed by atoms with Crippen LogP contribution < -0.4 is 10.6 Å². The molecule has 0 aliphatic heterocycles. The highest BCUT2D eigenvalue weighted by Crippen LogP contribution is 2.18. The molecular weight excluding hydrogens is 313 g/mol. The third-order valence-electron chi connectivity index (χ3n) is 3.44. The van der Waals surface area contributed by atoms with E-state index >= 15 is 0 Å². The lowest BCUT2D eigenvalue weighted by atomic mass is 10.1. The number of hydrogen-bond acceptors (Lipinski definition) is 4. The summed E-state index contributed by atoms with van der Waals surface area (Å²) in [6.07, 6.45) is 0.923. The first-order chi connectivity index (χ1) is 11.5. The summed E-state index contributed by atoms with van der Waals surface area (Å²) in [7, 11) is 0. The number of furan rings is 1. The second-order valence-corrected chi connectivity index (χ2v) is 5.41. The summed E-state index contributed by atoms with van der Waals surface area (Å²) in [6.45, 7) is 1.70. The minimum absolute atomic E-state index is 0.0410. The lowest BCUT2D eigenvalue weighted by molar-refractivity contribution is 0.129. The third-order valence-corrected chi connectivity index (χ3v) is 3.44. The van der Waals surface area contributed by atoms with Crippen LogP contribution in [0.25, 0.3) is 0 Å². The van der Waals surface area contributed by atoms with E-state index in [9.17, 15) is 14.3 Å². The molecule has 24 heavy (non-hydrogen) atoms. The minimum atomic E-state index is -0.819. The molecule has 0 saturated carbocycles. The number of nitrogens with one attached hydrogen (secondary N) is 2. The molecule has 0 unspecified atom stereocenters. The second-order valence-electron chi connectivity index (χ2n) is 5.41. The van der Waals surface area contributed by atoms with E-state index < -0.39 is 18.0 Å². The van der Waals surface area contributed by atoms with Gasteiger partial charge >= 0.3 is 6.03 Å². The quantitative estimate of drug-likeness (QED) is 0.758. The molecule has 7 heteroatoms. The predicted octanol–water partition coefficient (Wildman–Crippen LogP) is 2.60. The van der Waals surface area contributed by atoms with E-state index in [0.717, 1.165) is 0 Å². The van der Waals surface area contributed by atoms with Crippen molar-refractivity contribution in [2.24, 2.45) is 0 Å². The molecule has 1 aromatic carbocycles. The van der Waals surface area contributed by atoms with Crippen molar-refractivity contribution in [2.45, 2.75) is 32.0 Å². The van der Waals surface area contributed by atoms with Gasteiger partial charge in [0.1, 0.15) is 17.7 Å². The van der Waals surface area contributed by atoms with Crippen molar-refractivity contribution in [3.8, 4) is 6.07 Å². The highest BCUT2D eigenvalue weighted by Gasteiger charge is 2.16. The van der Waals surface area contributed by atoms with Crippen LogP contribution >= 0.6 is 0 Å². The summed E-state index contributed by atoms with van der Waals surface area (Å²) in [6, 6.07) is 8.39. The number of nitriles is 1. The SMILES string of the molecule is C[C@H](C[C@@H](O)c1ccco1)NC(=O)NCc1cc(C#N)ccc1F. The van der Waals surface area contributed by atoms with Crippen LogP contribution in [0, 0.1) is 17.1 Å². The first-order valence-corrected chi connectivity index (χ1v) is 7.44. The molecule has 0 fully saturated rings. The van der Waals surface area contributed by atoms with Gasteiger partial charge in [0.05, 0.1) is 17.9 Å². The highest BCUT2D eigenvalue weighted by atomic mass is 19.1. The molecule has 0 aliphatic rings. The Hall–Kier alpha value is -2.85.